The summed E-state index contributed by atoms with van der Waals surface area (Å²) in [6.07, 6.45) is 1.55. The van der Waals surface area contributed by atoms with Crippen LogP contribution in [-0.2, 0) is 11.2 Å². The minimum absolute atomic E-state index is 0.131. The Balaban J connectivity index is 0.000000829. The number of nitrogens with zero attached hydrogens (tertiary/aromatic N) is 1. The van der Waals surface area contributed by atoms with Crippen LogP contribution in [0.5, 0.6) is 0 Å². The summed E-state index contributed by atoms with van der Waals surface area (Å²) in [5.41, 5.74) is 1.08. The quantitative estimate of drug-likeness (QED) is 0.921. The standard InChI is InChI=1S/C13H18N2O.2C2H6/c1-15-8-7-12(10-15)14-13(16)9-11-5-3-2-4-6-11;2*1-2/h2-6,12H,7-10H2,1H3,(H,14,16);2*1-2H3. The Labute approximate surface area is 124 Å². The van der Waals surface area contributed by atoms with E-state index in [0.29, 0.717) is 12.5 Å². The predicted octanol–water partition coefficient (Wildman–Crippen LogP) is 3.10. The van der Waals surface area contributed by atoms with Crippen LogP contribution in [0.3, 0.4) is 0 Å². The first-order chi connectivity index (χ1) is 9.74. The molecule has 1 heterocycles. The number of hydrogen-bond acceptors (Lipinski definition) is 2. The second-order valence-electron chi connectivity index (χ2n) is 4.48. The van der Waals surface area contributed by atoms with Crippen LogP contribution in [0.15, 0.2) is 30.3 Å². The maximum absolute atomic E-state index is 11.7. The van der Waals surface area contributed by atoms with E-state index in [1.165, 1.54) is 0 Å². The van der Waals surface area contributed by atoms with Gasteiger partial charge in [-0.1, -0.05) is 58.0 Å². The maximum Gasteiger partial charge on any atom is 0.224 e. The first-order valence-electron chi connectivity index (χ1n) is 7.76. The molecule has 1 aliphatic rings. The van der Waals surface area contributed by atoms with Gasteiger partial charge in [0, 0.05) is 12.6 Å². The molecule has 1 unspecified atom stereocenters. The van der Waals surface area contributed by atoms with Gasteiger partial charge in [-0.05, 0) is 25.6 Å². The Hall–Kier alpha value is -1.35. The lowest BCUT2D eigenvalue weighted by Crippen LogP contribution is -2.37. The van der Waals surface area contributed by atoms with Crippen molar-refractivity contribution in [2.45, 2.75) is 46.6 Å². The molecule has 1 aromatic carbocycles. The fraction of sp³-hybridized carbons (Fsp3) is 0.588. The molecule has 1 N–H and O–H groups in total. The number of carbonyl (C=O) groups excluding carboxylic acids is 1. The molecule has 0 bridgehead atoms. The summed E-state index contributed by atoms with van der Waals surface area (Å²) in [6.45, 7) is 10.1. The summed E-state index contributed by atoms with van der Waals surface area (Å²) < 4.78 is 0. The highest BCUT2D eigenvalue weighted by molar-refractivity contribution is 5.78. The molecule has 0 saturated carbocycles. The number of nitrogens with one attached hydrogen (secondary N) is 1. The van der Waals surface area contributed by atoms with Crippen LogP contribution < -0.4 is 5.32 Å². The third kappa shape index (κ3) is 7.29. The third-order valence-corrected chi connectivity index (χ3v) is 2.96. The van der Waals surface area contributed by atoms with Crippen molar-refractivity contribution in [2.24, 2.45) is 0 Å². The van der Waals surface area contributed by atoms with Crippen molar-refractivity contribution < 1.29 is 4.79 Å². The molecule has 0 radical (unpaired) electrons. The van der Waals surface area contributed by atoms with Crippen LogP contribution in [0.25, 0.3) is 0 Å². The van der Waals surface area contributed by atoms with E-state index in [1.54, 1.807) is 0 Å². The molecular formula is C17H30N2O. The molecule has 1 amide bonds. The summed E-state index contributed by atoms with van der Waals surface area (Å²) in [4.78, 5) is 14.0. The molecule has 3 nitrogen and oxygen atoms in total. The molecule has 1 fully saturated rings. The van der Waals surface area contributed by atoms with Gasteiger partial charge in [0.1, 0.15) is 0 Å². The van der Waals surface area contributed by atoms with Crippen molar-refractivity contribution in [1.82, 2.24) is 10.2 Å². The number of rotatable bonds is 3. The molecule has 0 aliphatic carbocycles. The molecule has 114 valence electrons. The monoisotopic (exact) mass is 278 g/mol. The number of likely N-dealkylation sites (tertiary alicyclic amines) is 1. The SMILES string of the molecule is CC.CC.CN1CCC(NC(=O)Cc2ccccc2)C1. The first kappa shape index (κ1) is 18.7. The van der Waals surface area contributed by atoms with Gasteiger partial charge < -0.3 is 10.2 Å². The summed E-state index contributed by atoms with van der Waals surface area (Å²) in [5.74, 6) is 0.131. The molecule has 0 aromatic heterocycles. The van der Waals surface area contributed by atoms with E-state index in [-0.39, 0.29) is 5.91 Å². The summed E-state index contributed by atoms with van der Waals surface area (Å²) >= 11 is 0. The van der Waals surface area contributed by atoms with Crippen LogP contribution >= 0.6 is 0 Å². The van der Waals surface area contributed by atoms with Gasteiger partial charge in [-0.25, -0.2) is 0 Å². The van der Waals surface area contributed by atoms with Crippen molar-refractivity contribution >= 4 is 5.91 Å². The van der Waals surface area contributed by atoms with Gasteiger partial charge >= 0.3 is 0 Å². The van der Waals surface area contributed by atoms with Gasteiger partial charge in [-0.15, -0.1) is 0 Å². The van der Waals surface area contributed by atoms with Gasteiger partial charge in [-0.2, -0.15) is 0 Å². The Kier molecular flexibility index (Phi) is 10.7. The van der Waals surface area contributed by atoms with Crippen LogP contribution in [0.2, 0.25) is 0 Å². The molecule has 20 heavy (non-hydrogen) atoms. The lowest BCUT2D eigenvalue weighted by Gasteiger charge is -2.12. The second-order valence-corrected chi connectivity index (χ2v) is 4.48. The van der Waals surface area contributed by atoms with E-state index >= 15 is 0 Å². The van der Waals surface area contributed by atoms with E-state index in [1.807, 2.05) is 58.0 Å². The highest BCUT2D eigenvalue weighted by atomic mass is 16.1. The van der Waals surface area contributed by atoms with Crippen molar-refractivity contribution in [3.63, 3.8) is 0 Å². The molecule has 1 aromatic rings. The normalized spacial score (nSPS) is 17.4. The Bertz CT molecular complexity index is 351. The summed E-state index contributed by atoms with van der Waals surface area (Å²) in [6, 6.07) is 10.2. The smallest absolute Gasteiger partial charge is 0.224 e. The third-order valence-electron chi connectivity index (χ3n) is 2.96. The van der Waals surface area contributed by atoms with Crippen LogP contribution in [0.4, 0.5) is 0 Å². The zero-order valence-electron chi connectivity index (χ0n) is 13.6. The first-order valence-corrected chi connectivity index (χ1v) is 7.76. The van der Waals surface area contributed by atoms with Crippen molar-refractivity contribution in [3.8, 4) is 0 Å². The Morgan fingerprint density at radius 3 is 2.30 bits per heavy atom. The van der Waals surface area contributed by atoms with E-state index in [4.69, 9.17) is 0 Å². The minimum Gasteiger partial charge on any atom is -0.352 e. The Morgan fingerprint density at radius 1 is 1.20 bits per heavy atom. The molecule has 3 heteroatoms. The fourth-order valence-corrected chi connectivity index (χ4v) is 2.11. The van der Waals surface area contributed by atoms with E-state index < -0.39 is 0 Å². The van der Waals surface area contributed by atoms with Crippen LogP contribution in [0.1, 0.15) is 39.7 Å². The van der Waals surface area contributed by atoms with Crippen LogP contribution in [-0.4, -0.2) is 37.0 Å². The molecule has 2 rings (SSSR count). The zero-order valence-corrected chi connectivity index (χ0v) is 13.6. The topological polar surface area (TPSA) is 32.3 Å². The Morgan fingerprint density at radius 2 is 1.80 bits per heavy atom. The summed E-state index contributed by atoms with van der Waals surface area (Å²) in [5, 5.41) is 3.08. The molecule has 1 atom stereocenters. The molecule has 1 saturated heterocycles. The zero-order chi connectivity index (χ0) is 15.4. The van der Waals surface area contributed by atoms with Gasteiger partial charge in [0.15, 0.2) is 0 Å². The maximum atomic E-state index is 11.7. The van der Waals surface area contributed by atoms with Gasteiger partial charge in [0.05, 0.1) is 6.42 Å². The second kappa shape index (κ2) is 11.5. The largest absolute Gasteiger partial charge is 0.352 e. The van der Waals surface area contributed by atoms with E-state index in [2.05, 4.69) is 17.3 Å². The lowest BCUT2D eigenvalue weighted by molar-refractivity contribution is -0.121. The average Bonchev–Trinajstić information content (AvgIpc) is 2.89. The van der Waals surface area contributed by atoms with Gasteiger partial charge in [-0.3, -0.25) is 4.79 Å². The number of amides is 1. The van der Waals surface area contributed by atoms with Gasteiger partial charge in [0.25, 0.3) is 0 Å². The van der Waals surface area contributed by atoms with E-state index in [9.17, 15) is 4.79 Å². The highest BCUT2D eigenvalue weighted by Gasteiger charge is 2.20. The fourth-order valence-electron chi connectivity index (χ4n) is 2.11. The minimum atomic E-state index is 0.131. The molecule has 0 spiro atoms. The van der Waals surface area contributed by atoms with Crippen molar-refractivity contribution in [3.05, 3.63) is 35.9 Å². The number of carbonyl (C=O) groups is 1. The van der Waals surface area contributed by atoms with Crippen molar-refractivity contribution in [2.75, 3.05) is 20.1 Å². The average molecular weight is 278 g/mol. The number of likely N-dealkylation sites (N-methyl/N-ethyl adjacent to an activating group) is 1. The number of benzene rings is 1. The molecular weight excluding hydrogens is 248 g/mol. The van der Waals surface area contributed by atoms with Gasteiger partial charge in [0.2, 0.25) is 5.91 Å². The predicted molar refractivity (Wildman–Crippen MR) is 86.9 cm³/mol. The summed E-state index contributed by atoms with van der Waals surface area (Å²) in [7, 11) is 2.09. The molecule has 1 aliphatic heterocycles. The van der Waals surface area contributed by atoms with Crippen molar-refractivity contribution in [1.29, 1.82) is 0 Å². The number of hydrogen-bond donors (Lipinski definition) is 1. The highest BCUT2D eigenvalue weighted by Crippen LogP contribution is 2.07. The van der Waals surface area contributed by atoms with Crippen LogP contribution in [0, 0.1) is 0 Å². The van der Waals surface area contributed by atoms with E-state index in [0.717, 1.165) is 25.1 Å². The lowest BCUT2D eigenvalue weighted by atomic mass is 10.1.